The van der Waals surface area contributed by atoms with Crippen LogP contribution in [0.15, 0.2) is 40.2 Å². The number of ether oxygens (including phenoxy) is 2. The molecule has 0 unspecified atom stereocenters. The van der Waals surface area contributed by atoms with Crippen molar-refractivity contribution in [2.45, 2.75) is 38.3 Å². The Morgan fingerprint density at radius 2 is 2.03 bits per heavy atom. The largest absolute Gasteiger partial charge is 0.488 e. The number of halogens is 1. The summed E-state index contributed by atoms with van der Waals surface area (Å²) in [6, 6.07) is 6.61. The zero-order valence-electron chi connectivity index (χ0n) is 18.5. The van der Waals surface area contributed by atoms with Crippen LogP contribution in [0, 0.1) is 11.7 Å². The van der Waals surface area contributed by atoms with E-state index in [9.17, 15) is 9.18 Å². The highest BCUT2D eigenvalue weighted by Crippen LogP contribution is 2.31. The summed E-state index contributed by atoms with van der Waals surface area (Å²) in [4.78, 5) is 25.1. The van der Waals surface area contributed by atoms with Gasteiger partial charge in [-0.2, -0.15) is 0 Å². The van der Waals surface area contributed by atoms with E-state index in [4.69, 9.17) is 9.47 Å². The summed E-state index contributed by atoms with van der Waals surface area (Å²) < 4.78 is 27.4. The van der Waals surface area contributed by atoms with Gasteiger partial charge in [0.15, 0.2) is 23.1 Å². The van der Waals surface area contributed by atoms with Crippen LogP contribution >= 0.6 is 0 Å². The van der Waals surface area contributed by atoms with Crippen LogP contribution in [0.5, 0.6) is 11.5 Å². The Balaban J connectivity index is 1.15. The molecule has 3 heterocycles. The van der Waals surface area contributed by atoms with E-state index in [1.165, 1.54) is 16.7 Å². The van der Waals surface area contributed by atoms with Crippen LogP contribution in [-0.2, 0) is 13.6 Å². The molecule has 0 amide bonds. The quantitative estimate of drug-likeness (QED) is 0.619. The van der Waals surface area contributed by atoms with E-state index >= 15 is 0 Å². The number of nitrogens with zero attached hydrogens (tertiary/aromatic N) is 4. The normalized spacial score (nSPS) is 19.8. The number of aromatic nitrogens is 3. The van der Waals surface area contributed by atoms with Gasteiger partial charge in [0.1, 0.15) is 12.4 Å². The first kappa shape index (κ1) is 21.5. The average molecular weight is 452 g/mol. The first-order chi connectivity index (χ1) is 16.1. The number of aryl methyl sites for hydroxylation is 1. The van der Waals surface area contributed by atoms with Gasteiger partial charge >= 0.3 is 0 Å². The SMILES string of the molecule is Cn1c(=O)ccc2ccc(F)c(OCC3CCC(NCc4ncc5c(n4)N=CCO5)CC3)c21. The summed E-state index contributed by atoms with van der Waals surface area (Å²) in [5.74, 6) is 1.93. The lowest BCUT2D eigenvalue weighted by molar-refractivity contribution is 0.187. The summed E-state index contributed by atoms with van der Waals surface area (Å²) >= 11 is 0. The van der Waals surface area contributed by atoms with Gasteiger partial charge in [0.2, 0.25) is 0 Å². The third-order valence-electron chi connectivity index (χ3n) is 6.36. The minimum Gasteiger partial charge on any atom is -0.488 e. The summed E-state index contributed by atoms with van der Waals surface area (Å²) in [5.41, 5.74) is 0.310. The van der Waals surface area contributed by atoms with Crippen molar-refractivity contribution in [1.29, 1.82) is 0 Å². The smallest absolute Gasteiger partial charge is 0.250 e. The number of aliphatic imine (C=N–C) groups is 1. The fourth-order valence-electron chi connectivity index (χ4n) is 4.46. The lowest BCUT2D eigenvalue weighted by atomic mass is 9.86. The number of hydrogen-bond acceptors (Lipinski definition) is 7. The zero-order valence-corrected chi connectivity index (χ0v) is 18.5. The number of fused-ring (bicyclic) bond motifs is 2. The summed E-state index contributed by atoms with van der Waals surface area (Å²) in [6.45, 7) is 1.45. The molecule has 1 saturated carbocycles. The molecule has 1 N–H and O–H groups in total. The number of benzene rings is 1. The topological polar surface area (TPSA) is 90.6 Å². The minimum absolute atomic E-state index is 0.157. The molecule has 8 nitrogen and oxygen atoms in total. The summed E-state index contributed by atoms with van der Waals surface area (Å²) in [5, 5.41) is 4.31. The van der Waals surface area contributed by atoms with Gasteiger partial charge in [0.05, 0.1) is 24.9 Å². The molecule has 33 heavy (non-hydrogen) atoms. The predicted octanol–water partition coefficient (Wildman–Crippen LogP) is 3.29. The van der Waals surface area contributed by atoms with Gasteiger partial charge in [-0.15, -0.1) is 0 Å². The Bertz CT molecular complexity index is 1250. The molecule has 172 valence electrons. The van der Waals surface area contributed by atoms with E-state index in [0.29, 0.717) is 54.6 Å². The van der Waals surface area contributed by atoms with Crippen molar-refractivity contribution in [3.05, 3.63) is 52.5 Å². The van der Waals surface area contributed by atoms with Gasteiger partial charge in [-0.05, 0) is 49.8 Å². The fraction of sp³-hybridized carbons (Fsp3) is 0.417. The third-order valence-corrected chi connectivity index (χ3v) is 6.36. The van der Waals surface area contributed by atoms with E-state index in [-0.39, 0.29) is 11.3 Å². The van der Waals surface area contributed by atoms with Gasteiger partial charge in [-0.25, -0.2) is 19.4 Å². The highest BCUT2D eigenvalue weighted by molar-refractivity contribution is 5.85. The van der Waals surface area contributed by atoms with Gasteiger partial charge in [0, 0.05) is 30.8 Å². The minimum atomic E-state index is -0.446. The second-order valence-corrected chi connectivity index (χ2v) is 8.55. The van der Waals surface area contributed by atoms with Crippen molar-refractivity contribution in [2.24, 2.45) is 18.0 Å². The molecule has 0 bridgehead atoms. The number of nitrogens with one attached hydrogen (secondary N) is 1. The molecule has 9 heteroatoms. The van der Waals surface area contributed by atoms with E-state index in [2.05, 4.69) is 20.3 Å². The molecule has 0 spiro atoms. The second-order valence-electron chi connectivity index (χ2n) is 8.55. The van der Waals surface area contributed by atoms with Crippen molar-refractivity contribution >= 4 is 22.9 Å². The van der Waals surface area contributed by atoms with Gasteiger partial charge < -0.3 is 19.4 Å². The Hall–Kier alpha value is -3.33. The third kappa shape index (κ3) is 4.59. The molecule has 1 aromatic carbocycles. The Kier molecular flexibility index (Phi) is 6.04. The molecule has 2 aromatic heterocycles. The zero-order chi connectivity index (χ0) is 22.8. The highest BCUT2D eigenvalue weighted by atomic mass is 19.1. The van der Waals surface area contributed by atoms with E-state index in [1.807, 2.05) is 0 Å². The van der Waals surface area contributed by atoms with E-state index in [1.54, 1.807) is 31.6 Å². The monoisotopic (exact) mass is 451 g/mol. The molecule has 2 aliphatic rings. The maximum atomic E-state index is 14.5. The molecule has 3 aromatic rings. The van der Waals surface area contributed by atoms with Crippen molar-refractivity contribution in [2.75, 3.05) is 13.2 Å². The molecule has 0 atom stereocenters. The van der Waals surface area contributed by atoms with Crippen LogP contribution in [0.1, 0.15) is 31.5 Å². The summed E-state index contributed by atoms with van der Waals surface area (Å²) in [7, 11) is 1.64. The molecule has 1 aliphatic heterocycles. The van der Waals surface area contributed by atoms with Crippen molar-refractivity contribution in [3.63, 3.8) is 0 Å². The average Bonchev–Trinajstić information content (AvgIpc) is 2.85. The summed E-state index contributed by atoms with van der Waals surface area (Å²) in [6.07, 6.45) is 7.32. The molecular formula is C24H26FN5O3. The Morgan fingerprint density at radius 1 is 1.21 bits per heavy atom. The van der Waals surface area contributed by atoms with Crippen molar-refractivity contribution < 1.29 is 13.9 Å². The molecule has 0 radical (unpaired) electrons. The van der Waals surface area contributed by atoms with Crippen LogP contribution in [0.4, 0.5) is 10.2 Å². The standard InChI is InChI=1S/C24H26FN5O3/c1-30-21(31)9-5-16-4-8-18(25)23(22(16)30)33-14-15-2-6-17(7-3-15)27-13-20-28-12-19-24(29-20)26-10-11-32-19/h4-5,8-10,12,15,17,27H,2-3,6-7,11,13-14H2,1H3. The predicted molar refractivity (Wildman–Crippen MR) is 123 cm³/mol. The van der Waals surface area contributed by atoms with Crippen molar-refractivity contribution in [3.8, 4) is 11.5 Å². The first-order valence-electron chi connectivity index (χ1n) is 11.2. The van der Waals surface area contributed by atoms with Crippen molar-refractivity contribution in [1.82, 2.24) is 19.9 Å². The van der Waals surface area contributed by atoms with Gasteiger partial charge in [0.25, 0.3) is 5.56 Å². The Morgan fingerprint density at radius 3 is 2.88 bits per heavy atom. The lowest BCUT2D eigenvalue weighted by Crippen LogP contribution is -2.34. The van der Waals surface area contributed by atoms with Crippen LogP contribution in [0.2, 0.25) is 0 Å². The van der Waals surface area contributed by atoms with E-state index in [0.717, 1.165) is 31.1 Å². The second kappa shape index (κ2) is 9.27. The van der Waals surface area contributed by atoms with Crippen LogP contribution in [-0.4, -0.2) is 40.0 Å². The van der Waals surface area contributed by atoms with Gasteiger partial charge in [-0.1, -0.05) is 0 Å². The maximum Gasteiger partial charge on any atom is 0.250 e. The molecule has 0 saturated heterocycles. The fourth-order valence-corrected chi connectivity index (χ4v) is 4.46. The first-order valence-corrected chi connectivity index (χ1v) is 11.2. The van der Waals surface area contributed by atoms with Gasteiger partial charge in [-0.3, -0.25) is 4.79 Å². The molecule has 5 rings (SSSR count). The Labute approximate surface area is 190 Å². The number of hydrogen-bond donors (Lipinski definition) is 1. The van der Waals surface area contributed by atoms with Crippen LogP contribution < -0.4 is 20.3 Å². The molecular weight excluding hydrogens is 425 g/mol. The highest BCUT2D eigenvalue weighted by Gasteiger charge is 2.23. The number of pyridine rings is 1. The lowest BCUT2D eigenvalue weighted by Gasteiger charge is -2.29. The van der Waals surface area contributed by atoms with Crippen LogP contribution in [0.25, 0.3) is 10.9 Å². The maximum absolute atomic E-state index is 14.5. The molecule has 1 fully saturated rings. The van der Waals surface area contributed by atoms with Crippen LogP contribution in [0.3, 0.4) is 0 Å². The van der Waals surface area contributed by atoms with E-state index < -0.39 is 5.82 Å². The number of rotatable bonds is 6. The molecule has 1 aliphatic carbocycles.